The number of rotatable bonds is 3. The first-order valence-electron chi connectivity index (χ1n) is 6.49. The van der Waals surface area contributed by atoms with Crippen LogP contribution in [0.15, 0.2) is 24.3 Å². The van der Waals surface area contributed by atoms with Gasteiger partial charge in [0, 0.05) is 11.4 Å². The molecular formula is C15H21NO2S. The molecule has 0 aliphatic carbocycles. The third kappa shape index (κ3) is 3.24. The quantitative estimate of drug-likeness (QED) is 0.890. The lowest BCUT2D eigenvalue weighted by Gasteiger charge is -2.42. The molecule has 1 aromatic carbocycles. The Morgan fingerprint density at radius 1 is 1.26 bits per heavy atom. The number of aliphatic carboxylic acids is 1. The van der Waals surface area contributed by atoms with Gasteiger partial charge in [0.2, 0.25) is 0 Å². The number of thioether (sulfide) groups is 1. The highest BCUT2D eigenvalue weighted by atomic mass is 32.2. The molecule has 1 saturated heterocycles. The number of anilines is 1. The molecule has 2 rings (SSSR count). The van der Waals surface area contributed by atoms with Gasteiger partial charge in [-0.15, -0.1) is 0 Å². The van der Waals surface area contributed by atoms with Gasteiger partial charge < -0.3 is 10.4 Å². The average molecular weight is 279 g/mol. The first-order chi connectivity index (χ1) is 8.83. The Kier molecular flexibility index (Phi) is 3.81. The minimum absolute atomic E-state index is 0.0407. The molecule has 0 radical (unpaired) electrons. The van der Waals surface area contributed by atoms with Crippen LogP contribution < -0.4 is 5.32 Å². The SMILES string of the molecule is Cc1ccc(NC2(C(=O)O)CSCC(C)(C)C2)cc1. The standard InChI is InChI=1S/C15H21NO2S/c1-11-4-6-12(7-5-11)16-15(13(17)18)8-14(2,3)9-19-10-15/h4-7,16H,8-10H2,1-3H3,(H,17,18). The van der Waals surface area contributed by atoms with Crippen molar-refractivity contribution in [2.24, 2.45) is 5.41 Å². The van der Waals surface area contributed by atoms with Gasteiger partial charge in [0.25, 0.3) is 0 Å². The van der Waals surface area contributed by atoms with Gasteiger partial charge in [-0.2, -0.15) is 11.8 Å². The monoisotopic (exact) mass is 279 g/mol. The number of carbonyl (C=O) groups is 1. The number of aryl methyl sites for hydroxylation is 1. The largest absolute Gasteiger partial charge is 0.479 e. The van der Waals surface area contributed by atoms with E-state index in [1.165, 1.54) is 5.56 Å². The van der Waals surface area contributed by atoms with E-state index in [9.17, 15) is 9.90 Å². The Balaban J connectivity index is 2.25. The average Bonchev–Trinajstić information content (AvgIpc) is 2.31. The second kappa shape index (κ2) is 5.08. The zero-order chi connectivity index (χ0) is 14.1. The van der Waals surface area contributed by atoms with E-state index in [1.54, 1.807) is 11.8 Å². The summed E-state index contributed by atoms with van der Waals surface area (Å²) < 4.78 is 0. The Labute approximate surface area is 118 Å². The van der Waals surface area contributed by atoms with Crippen molar-refractivity contribution >= 4 is 23.4 Å². The van der Waals surface area contributed by atoms with E-state index in [2.05, 4.69) is 19.2 Å². The van der Waals surface area contributed by atoms with Crippen LogP contribution in [-0.4, -0.2) is 28.1 Å². The number of benzene rings is 1. The number of hydrogen-bond acceptors (Lipinski definition) is 3. The molecule has 1 aromatic rings. The molecule has 0 spiro atoms. The molecule has 104 valence electrons. The van der Waals surface area contributed by atoms with Gasteiger partial charge >= 0.3 is 5.97 Å². The zero-order valence-corrected chi connectivity index (χ0v) is 12.5. The molecule has 0 saturated carbocycles. The zero-order valence-electron chi connectivity index (χ0n) is 11.7. The molecule has 1 atom stereocenters. The van der Waals surface area contributed by atoms with Crippen LogP contribution in [0, 0.1) is 12.3 Å². The first kappa shape index (κ1) is 14.3. The van der Waals surface area contributed by atoms with E-state index in [1.807, 2.05) is 31.2 Å². The summed E-state index contributed by atoms with van der Waals surface area (Å²) in [6.07, 6.45) is 0.649. The van der Waals surface area contributed by atoms with Crippen molar-refractivity contribution in [2.45, 2.75) is 32.7 Å². The van der Waals surface area contributed by atoms with Crippen LogP contribution in [0.3, 0.4) is 0 Å². The van der Waals surface area contributed by atoms with Crippen molar-refractivity contribution < 1.29 is 9.90 Å². The van der Waals surface area contributed by atoms with Gasteiger partial charge in [-0.3, -0.25) is 0 Å². The third-order valence-corrected chi connectivity index (χ3v) is 5.15. The lowest BCUT2D eigenvalue weighted by molar-refractivity contribution is -0.142. The summed E-state index contributed by atoms with van der Waals surface area (Å²) >= 11 is 1.72. The molecule has 2 N–H and O–H groups in total. The summed E-state index contributed by atoms with van der Waals surface area (Å²) in [5, 5.41) is 12.9. The molecule has 0 aromatic heterocycles. The smallest absolute Gasteiger partial charge is 0.330 e. The molecule has 1 unspecified atom stereocenters. The Morgan fingerprint density at radius 2 is 1.89 bits per heavy atom. The molecule has 1 fully saturated rings. The fourth-order valence-corrected chi connectivity index (χ4v) is 4.01. The van der Waals surface area contributed by atoms with E-state index >= 15 is 0 Å². The van der Waals surface area contributed by atoms with Crippen molar-refractivity contribution in [3.63, 3.8) is 0 Å². The number of carboxylic acid groups (broad SMARTS) is 1. The topological polar surface area (TPSA) is 49.3 Å². The van der Waals surface area contributed by atoms with E-state index in [4.69, 9.17) is 0 Å². The summed E-state index contributed by atoms with van der Waals surface area (Å²) in [5.41, 5.74) is 1.24. The van der Waals surface area contributed by atoms with Gasteiger partial charge in [0.1, 0.15) is 5.54 Å². The van der Waals surface area contributed by atoms with E-state index in [-0.39, 0.29) is 5.41 Å². The number of nitrogens with one attached hydrogen (secondary N) is 1. The molecule has 0 bridgehead atoms. The fourth-order valence-electron chi connectivity index (χ4n) is 2.60. The number of hydrogen-bond donors (Lipinski definition) is 2. The highest BCUT2D eigenvalue weighted by Gasteiger charge is 2.46. The highest BCUT2D eigenvalue weighted by Crippen LogP contribution is 2.41. The minimum Gasteiger partial charge on any atom is -0.479 e. The van der Waals surface area contributed by atoms with Crippen LogP contribution >= 0.6 is 11.8 Å². The Hall–Kier alpha value is -1.16. The molecule has 1 aliphatic heterocycles. The second-order valence-corrected chi connectivity index (χ2v) is 7.20. The molecule has 0 amide bonds. The van der Waals surface area contributed by atoms with Crippen molar-refractivity contribution in [3.8, 4) is 0 Å². The first-order valence-corrected chi connectivity index (χ1v) is 7.65. The molecule has 1 aliphatic rings. The van der Waals surface area contributed by atoms with Crippen LogP contribution in [0.25, 0.3) is 0 Å². The minimum atomic E-state index is -0.859. The predicted molar refractivity (Wildman–Crippen MR) is 80.9 cm³/mol. The van der Waals surface area contributed by atoms with E-state index < -0.39 is 11.5 Å². The van der Waals surface area contributed by atoms with Crippen LogP contribution in [0.2, 0.25) is 0 Å². The van der Waals surface area contributed by atoms with Crippen molar-refractivity contribution in [1.29, 1.82) is 0 Å². The predicted octanol–water partition coefficient (Wildman–Crippen LogP) is 3.39. The van der Waals surface area contributed by atoms with Gasteiger partial charge in [-0.25, -0.2) is 4.79 Å². The van der Waals surface area contributed by atoms with Crippen LogP contribution in [0.5, 0.6) is 0 Å². The summed E-state index contributed by atoms with van der Waals surface area (Å²) in [6.45, 7) is 6.29. The summed E-state index contributed by atoms with van der Waals surface area (Å²) in [6, 6.07) is 7.90. The maximum absolute atomic E-state index is 11.8. The van der Waals surface area contributed by atoms with Crippen LogP contribution in [-0.2, 0) is 4.79 Å². The van der Waals surface area contributed by atoms with Crippen molar-refractivity contribution in [1.82, 2.24) is 0 Å². The number of carboxylic acids is 1. The van der Waals surface area contributed by atoms with Crippen LogP contribution in [0.1, 0.15) is 25.8 Å². The second-order valence-electron chi connectivity index (χ2n) is 6.21. The van der Waals surface area contributed by atoms with Crippen molar-refractivity contribution in [3.05, 3.63) is 29.8 Å². The molecule has 1 heterocycles. The maximum atomic E-state index is 11.8. The maximum Gasteiger partial charge on any atom is 0.330 e. The van der Waals surface area contributed by atoms with E-state index in [0.29, 0.717) is 12.2 Å². The molecule has 3 nitrogen and oxygen atoms in total. The molecular weight excluding hydrogens is 258 g/mol. The van der Waals surface area contributed by atoms with E-state index in [0.717, 1.165) is 11.4 Å². The Bertz CT molecular complexity index is 470. The van der Waals surface area contributed by atoms with Crippen molar-refractivity contribution in [2.75, 3.05) is 16.8 Å². The summed E-state index contributed by atoms with van der Waals surface area (Å²) in [4.78, 5) is 11.8. The van der Waals surface area contributed by atoms with Gasteiger partial charge in [0.15, 0.2) is 0 Å². The molecule has 4 heteroatoms. The fraction of sp³-hybridized carbons (Fsp3) is 0.533. The summed E-state index contributed by atoms with van der Waals surface area (Å²) in [7, 11) is 0. The molecule has 19 heavy (non-hydrogen) atoms. The normalized spacial score (nSPS) is 25.8. The lowest BCUT2D eigenvalue weighted by Crippen LogP contribution is -2.54. The highest BCUT2D eigenvalue weighted by molar-refractivity contribution is 7.99. The van der Waals surface area contributed by atoms with Gasteiger partial charge in [-0.05, 0) is 36.6 Å². The Morgan fingerprint density at radius 3 is 2.42 bits per heavy atom. The summed E-state index contributed by atoms with van der Waals surface area (Å²) in [5.74, 6) is 0.866. The lowest BCUT2D eigenvalue weighted by atomic mass is 9.79. The van der Waals surface area contributed by atoms with Gasteiger partial charge in [0.05, 0.1) is 0 Å². The third-order valence-electron chi connectivity index (χ3n) is 3.47. The van der Waals surface area contributed by atoms with Crippen LogP contribution in [0.4, 0.5) is 5.69 Å². The van der Waals surface area contributed by atoms with Gasteiger partial charge in [-0.1, -0.05) is 31.5 Å².